The summed E-state index contributed by atoms with van der Waals surface area (Å²) in [6, 6.07) is 0. The van der Waals surface area contributed by atoms with E-state index in [4.69, 9.17) is 9.47 Å². The maximum absolute atomic E-state index is 12.1. The van der Waals surface area contributed by atoms with Crippen LogP contribution >= 0.6 is 10.5 Å². The number of hydrogen-bond donors (Lipinski definition) is 0. The molecule has 0 aromatic heterocycles. The second-order valence-corrected chi connectivity index (χ2v) is 7.12. The SMILES string of the molecule is C=C(C)C(=O)OC1C2OC3C(C(=O)S(=C)C13)C2C. The Bertz CT molecular complexity index is 483. The number of fused-ring (bicyclic) bond motifs is 1. The van der Waals surface area contributed by atoms with E-state index in [0.29, 0.717) is 5.57 Å². The fraction of sp³-hybridized carbons (Fsp3) is 0.615. The molecule has 3 aliphatic rings. The molecule has 3 aliphatic heterocycles. The Morgan fingerprint density at radius 3 is 2.72 bits per heavy atom. The summed E-state index contributed by atoms with van der Waals surface area (Å²) < 4.78 is 11.3. The van der Waals surface area contributed by atoms with E-state index < -0.39 is 16.5 Å². The van der Waals surface area contributed by atoms with Gasteiger partial charge in [-0.05, 0) is 12.8 Å². The molecule has 98 valence electrons. The van der Waals surface area contributed by atoms with Gasteiger partial charge < -0.3 is 9.47 Å². The summed E-state index contributed by atoms with van der Waals surface area (Å²) in [4.78, 5) is 23.8. The normalized spacial score (nSPS) is 48.6. The van der Waals surface area contributed by atoms with Crippen LogP contribution in [0.5, 0.6) is 0 Å². The molecule has 0 N–H and O–H groups in total. The van der Waals surface area contributed by atoms with Crippen molar-refractivity contribution in [3.05, 3.63) is 12.2 Å². The number of carbonyl (C=O) groups excluding carboxylic acids is 2. The molecule has 0 radical (unpaired) electrons. The van der Waals surface area contributed by atoms with Crippen molar-refractivity contribution in [2.24, 2.45) is 11.8 Å². The van der Waals surface area contributed by atoms with E-state index in [1.807, 2.05) is 6.92 Å². The summed E-state index contributed by atoms with van der Waals surface area (Å²) in [6.45, 7) is 7.19. The van der Waals surface area contributed by atoms with Gasteiger partial charge in [0.05, 0.1) is 23.4 Å². The molecule has 0 saturated carbocycles. The minimum atomic E-state index is -0.613. The molecule has 5 heteroatoms. The van der Waals surface area contributed by atoms with Crippen molar-refractivity contribution in [3.8, 4) is 0 Å². The summed E-state index contributed by atoms with van der Waals surface area (Å²) >= 11 is 0. The number of hydrogen-bond acceptors (Lipinski definition) is 4. The smallest absolute Gasteiger partial charge is 0.333 e. The van der Waals surface area contributed by atoms with Crippen molar-refractivity contribution in [1.82, 2.24) is 0 Å². The van der Waals surface area contributed by atoms with Crippen LogP contribution in [0.2, 0.25) is 0 Å². The van der Waals surface area contributed by atoms with Crippen molar-refractivity contribution < 1.29 is 19.1 Å². The molecule has 3 rings (SSSR count). The Hall–Kier alpha value is -0.940. The fourth-order valence-corrected chi connectivity index (χ4v) is 5.32. The standard InChI is InChI=1S/C13H16O4S/c1-5(2)12(14)17-10-8-6(3)7-9(16-8)11(10)18(4)13(7)15/h6-11H,1,4H2,2-3H3. The van der Waals surface area contributed by atoms with Crippen LogP contribution in [0, 0.1) is 11.8 Å². The van der Waals surface area contributed by atoms with Crippen LogP contribution in [-0.2, 0) is 19.1 Å². The van der Waals surface area contributed by atoms with Gasteiger partial charge in [0.15, 0.2) is 5.12 Å². The van der Waals surface area contributed by atoms with E-state index in [2.05, 4.69) is 12.4 Å². The lowest BCUT2D eigenvalue weighted by molar-refractivity contribution is -0.147. The van der Waals surface area contributed by atoms with Crippen LogP contribution in [0.3, 0.4) is 0 Å². The fourth-order valence-electron chi connectivity index (χ4n) is 3.27. The van der Waals surface area contributed by atoms with E-state index in [1.165, 1.54) is 0 Å². The Morgan fingerprint density at radius 2 is 2.11 bits per heavy atom. The third-order valence-electron chi connectivity index (χ3n) is 4.17. The van der Waals surface area contributed by atoms with Gasteiger partial charge in [-0.1, -0.05) is 19.4 Å². The lowest BCUT2D eigenvalue weighted by Gasteiger charge is -2.28. The number of carbonyl (C=O) groups is 2. The highest BCUT2D eigenvalue weighted by molar-refractivity contribution is 8.27. The van der Waals surface area contributed by atoms with Crippen molar-refractivity contribution in [2.75, 3.05) is 0 Å². The Balaban J connectivity index is 1.90. The molecule has 0 aromatic rings. The maximum Gasteiger partial charge on any atom is 0.333 e. The average molecular weight is 268 g/mol. The van der Waals surface area contributed by atoms with Gasteiger partial charge in [-0.2, -0.15) is 0 Å². The topological polar surface area (TPSA) is 52.6 Å². The second kappa shape index (κ2) is 3.78. The first-order chi connectivity index (χ1) is 8.43. The van der Waals surface area contributed by atoms with Gasteiger partial charge in [0.2, 0.25) is 0 Å². The largest absolute Gasteiger partial charge is 0.455 e. The van der Waals surface area contributed by atoms with Crippen LogP contribution in [-0.4, -0.2) is 40.5 Å². The Morgan fingerprint density at radius 1 is 1.44 bits per heavy atom. The first kappa shape index (κ1) is 12.1. The van der Waals surface area contributed by atoms with Gasteiger partial charge >= 0.3 is 5.97 Å². The number of ether oxygens (including phenoxy) is 2. The Labute approximate surface area is 108 Å². The monoisotopic (exact) mass is 268 g/mol. The predicted molar refractivity (Wildman–Crippen MR) is 69.5 cm³/mol. The van der Waals surface area contributed by atoms with E-state index in [-0.39, 0.29) is 40.5 Å². The molecule has 7 atom stereocenters. The van der Waals surface area contributed by atoms with E-state index in [1.54, 1.807) is 6.92 Å². The molecule has 3 heterocycles. The second-order valence-electron chi connectivity index (χ2n) is 5.31. The number of rotatable bonds is 2. The molecule has 0 amide bonds. The van der Waals surface area contributed by atoms with E-state index in [9.17, 15) is 9.59 Å². The van der Waals surface area contributed by atoms with Gasteiger partial charge in [-0.25, -0.2) is 4.79 Å². The zero-order chi connectivity index (χ0) is 13.2. The van der Waals surface area contributed by atoms with Crippen LogP contribution in [0.4, 0.5) is 0 Å². The van der Waals surface area contributed by atoms with Gasteiger partial charge in [-0.3, -0.25) is 4.79 Å². The van der Waals surface area contributed by atoms with Crippen molar-refractivity contribution >= 4 is 27.4 Å². The maximum atomic E-state index is 12.1. The molecule has 0 aromatic carbocycles. The molecule has 2 bridgehead atoms. The third-order valence-corrected chi connectivity index (χ3v) is 6.16. The summed E-state index contributed by atoms with van der Waals surface area (Å²) in [5, 5.41) is 0.140. The molecule has 3 fully saturated rings. The minimum Gasteiger partial charge on any atom is -0.455 e. The van der Waals surface area contributed by atoms with Gasteiger partial charge in [0.1, 0.15) is 6.10 Å². The highest BCUT2D eigenvalue weighted by Crippen LogP contribution is 2.58. The van der Waals surface area contributed by atoms with Gasteiger partial charge in [0.25, 0.3) is 0 Å². The molecule has 0 aliphatic carbocycles. The van der Waals surface area contributed by atoms with Crippen molar-refractivity contribution in [2.45, 2.75) is 37.4 Å². The average Bonchev–Trinajstić information content (AvgIpc) is 2.87. The van der Waals surface area contributed by atoms with Crippen molar-refractivity contribution in [1.29, 1.82) is 0 Å². The van der Waals surface area contributed by atoms with Crippen LogP contribution < -0.4 is 0 Å². The molecule has 4 nitrogen and oxygen atoms in total. The molecular formula is C13H16O4S. The lowest BCUT2D eigenvalue weighted by Crippen LogP contribution is -2.43. The first-order valence-corrected chi connectivity index (χ1v) is 7.47. The summed E-state index contributed by atoms with van der Waals surface area (Å²) in [6.07, 6.45) is -0.588. The molecule has 7 unspecified atom stereocenters. The van der Waals surface area contributed by atoms with Crippen molar-refractivity contribution in [3.63, 3.8) is 0 Å². The zero-order valence-corrected chi connectivity index (χ0v) is 11.2. The van der Waals surface area contributed by atoms with Gasteiger partial charge in [-0.15, -0.1) is 10.5 Å². The Kier molecular flexibility index (Phi) is 2.54. The van der Waals surface area contributed by atoms with E-state index >= 15 is 0 Å². The molecular weight excluding hydrogens is 252 g/mol. The highest BCUT2D eigenvalue weighted by Gasteiger charge is 2.67. The summed E-state index contributed by atoms with van der Waals surface area (Å²) in [5.74, 6) is 3.62. The number of esters is 1. The minimum absolute atomic E-state index is 0.0411. The van der Waals surface area contributed by atoms with Crippen LogP contribution in [0.1, 0.15) is 13.8 Å². The summed E-state index contributed by atoms with van der Waals surface area (Å²) in [7, 11) is -0.613. The predicted octanol–water partition coefficient (Wildman–Crippen LogP) is 1.12. The lowest BCUT2D eigenvalue weighted by atomic mass is 9.80. The zero-order valence-electron chi connectivity index (χ0n) is 10.4. The highest BCUT2D eigenvalue weighted by atomic mass is 32.2. The summed E-state index contributed by atoms with van der Waals surface area (Å²) in [5.41, 5.74) is 0.371. The van der Waals surface area contributed by atoms with Crippen LogP contribution in [0.25, 0.3) is 0 Å². The van der Waals surface area contributed by atoms with Crippen LogP contribution in [0.15, 0.2) is 12.2 Å². The molecule has 18 heavy (non-hydrogen) atoms. The first-order valence-electron chi connectivity index (χ1n) is 6.02. The van der Waals surface area contributed by atoms with Gasteiger partial charge in [0, 0.05) is 5.57 Å². The molecule has 3 saturated heterocycles. The van der Waals surface area contributed by atoms with E-state index in [0.717, 1.165) is 0 Å². The quantitative estimate of drug-likeness (QED) is 0.428. The third kappa shape index (κ3) is 1.34. The molecule has 0 spiro atoms.